The van der Waals surface area contributed by atoms with Gasteiger partial charge in [0.1, 0.15) is 6.04 Å². The second-order valence-corrected chi connectivity index (χ2v) is 6.39. The van der Waals surface area contributed by atoms with Crippen LogP contribution in [0.2, 0.25) is 0 Å². The van der Waals surface area contributed by atoms with Crippen LogP contribution in [-0.2, 0) is 9.53 Å². The predicted molar refractivity (Wildman–Crippen MR) is 69.4 cm³/mol. The van der Waals surface area contributed by atoms with E-state index in [1.165, 1.54) is 20.0 Å². The van der Waals surface area contributed by atoms with Crippen molar-refractivity contribution >= 4 is 5.97 Å². The van der Waals surface area contributed by atoms with Crippen molar-refractivity contribution in [3.63, 3.8) is 0 Å². The van der Waals surface area contributed by atoms with Crippen LogP contribution in [0.3, 0.4) is 0 Å². The van der Waals surface area contributed by atoms with E-state index in [-0.39, 0.29) is 16.8 Å². The van der Waals surface area contributed by atoms with Gasteiger partial charge < -0.3 is 10.5 Å². The van der Waals surface area contributed by atoms with Gasteiger partial charge in [-0.05, 0) is 29.6 Å². The second-order valence-electron chi connectivity index (χ2n) is 6.39. The van der Waals surface area contributed by atoms with Crippen LogP contribution in [0.5, 0.6) is 0 Å². The number of carbonyl (C=O) groups is 1. The third-order valence-electron chi connectivity index (χ3n) is 4.08. The Morgan fingerprint density at radius 3 is 2.18 bits per heavy atom. The van der Waals surface area contributed by atoms with Gasteiger partial charge in [-0.1, -0.05) is 39.8 Å². The summed E-state index contributed by atoms with van der Waals surface area (Å²) in [7, 11) is 1.36. The second kappa shape index (κ2) is 4.81. The van der Waals surface area contributed by atoms with E-state index in [1.807, 2.05) is 0 Å². The molecule has 0 aromatic rings. The molecule has 2 N–H and O–H groups in total. The predicted octanol–water partition coefficient (Wildman–Crippen LogP) is 2.51. The zero-order valence-corrected chi connectivity index (χ0v) is 11.6. The van der Waals surface area contributed by atoms with E-state index in [9.17, 15) is 4.79 Å². The van der Waals surface area contributed by atoms with Crippen molar-refractivity contribution < 1.29 is 9.53 Å². The molecule has 0 amide bonds. The number of allylic oxidation sites excluding steroid dienone is 1. The van der Waals surface area contributed by atoms with E-state index >= 15 is 0 Å². The summed E-state index contributed by atoms with van der Waals surface area (Å²) in [6, 6.07) is -0.646. The average molecular weight is 239 g/mol. The molecular weight excluding hydrogens is 214 g/mol. The monoisotopic (exact) mass is 239 g/mol. The van der Waals surface area contributed by atoms with Crippen LogP contribution in [0.25, 0.3) is 0 Å². The topological polar surface area (TPSA) is 52.3 Å². The molecule has 1 unspecified atom stereocenters. The maximum absolute atomic E-state index is 11.2. The van der Waals surface area contributed by atoms with Crippen molar-refractivity contribution in [3.05, 3.63) is 12.2 Å². The molecule has 1 aliphatic carbocycles. The lowest BCUT2D eigenvalue weighted by molar-refractivity contribution is -0.140. The number of carbonyl (C=O) groups excluding carboxylic acids is 1. The minimum atomic E-state index is -0.646. The van der Waals surface area contributed by atoms with Gasteiger partial charge in [0, 0.05) is 0 Å². The Labute approximate surface area is 104 Å². The first kappa shape index (κ1) is 14.2. The molecule has 0 bridgehead atoms. The largest absolute Gasteiger partial charge is 0.468 e. The minimum Gasteiger partial charge on any atom is -0.468 e. The quantitative estimate of drug-likeness (QED) is 0.608. The van der Waals surface area contributed by atoms with E-state index in [1.54, 1.807) is 6.08 Å². The van der Waals surface area contributed by atoms with Gasteiger partial charge in [0.05, 0.1) is 7.11 Å². The average Bonchev–Trinajstić information content (AvgIpc) is 2.45. The number of hydrogen-bond acceptors (Lipinski definition) is 3. The van der Waals surface area contributed by atoms with Crippen LogP contribution in [0.15, 0.2) is 12.2 Å². The van der Waals surface area contributed by atoms with Crippen molar-refractivity contribution in [3.8, 4) is 0 Å². The van der Waals surface area contributed by atoms with E-state index in [0.717, 1.165) is 0 Å². The van der Waals surface area contributed by atoms with Gasteiger partial charge in [0.15, 0.2) is 0 Å². The maximum Gasteiger partial charge on any atom is 0.326 e. The van der Waals surface area contributed by atoms with Crippen molar-refractivity contribution in [2.75, 3.05) is 7.11 Å². The highest BCUT2D eigenvalue weighted by molar-refractivity contribution is 5.77. The highest BCUT2D eigenvalue weighted by atomic mass is 16.5. The molecular formula is C14H25NO2. The lowest BCUT2D eigenvalue weighted by Crippen LogP contribution is -2.31. The molecule has 1 fully saturated rings. The Bertz CT molecular complexity index is 302. The smallest absolute Gasteiger partial charge is 0.326 e. The molecule has 1 rings (SSSR count). The van der Waals surface area contributed by atoms with Crippen LogP contribution in [0.1, 0.15) is 40.5 Å². The lowest BCUT2D eigenvalue weighted by Gasteiger charge is -2.33. The van der Waals surface area contributed by atoms with Gasteiger partial charge in [-0.15, -0.1) is 0 Å². The number of methoxy groups -OCH3 is 1. The SMILES string of the molecule is COC(=O)C(N)C=CC1C(C)(C)CCC1(C)C. The number of rotatable bonds is 3. The number of esters is 1. The number of hydrogen-bond donors (Lipinski definition) is 1. The molecule has 0 spiro atoms. The summed E-state index contributed by atoms with van der Waals surface area (Å²) < 4.78 is 4.62. The Morgan fingerprint density at radius 1 is 1.29 bits per heavy atom. The molecule has 98 valence electrons. The fraction of sp³-hybridized carbons (Fsp3) is 0.786. The molecule has 0 aromatic heterocycles. The van der Waals surface area contributed by atoms with Crippen LogP contribution in [0.4, 0.5) is 0 Å². The fourth-order valence-corrected chi connectivity index (χ4v) is 2.98. The van der Waals surface area contributed by atoms with E-state index in [2.05, 4.69) is 38.5 Å². The fourth-order valence-electron chi connectivity index (χ4n) is 2.98. The molecule has 0 radical (unpaired) electrons. The molecule has 0 aliphatic heterocycles. The highest BCUT2D eigenvalue weighted by Crippen LogP contribution is 2.54. The summed E-state index contributed by atoms with van der Waals surface area (Å²) in [6.07, 6.45) is 6.31. The van der Waals surface area contributed by atoms with Crippen molar-refractivity contribution in [2.24, 2.45) is 22.5 Å². The zero-order valence-electron chi connectivity index (χ0n) is 11.6. The Morgan fingerprint density at radius 2 is 1.76 bits per heavy atom. The zero-order chi connectivity index (χ0) is 13.3. The first-order chi connectivity index (χ1) is 7.70. The summed E-state index contributed by atoms with van der Waals surface area (Å²) in [5.41, 5.74) is 6.27. The van der Waals surface area contributed by atoms with Crippen LogP contribution in [-0.4, -0.2) is 19.1 Å². The summed E-state index contributed by atoms with van der Waals surface area (Å²) in [5.74, 6) is 0.0700. The van der Waals surface area contributed by atoms with Gasteiger partial charge in [0.2, 0.25) is 0 Å². The molecule has 1 aliphatic rings. The standard InChI is InChI=1S/C14H25NO2/c1-13(2)8-9-14(3,4)11(13)7-6-10(15)12(16)17-5/h6-7,10-11H,8-9,15H2,1-5H3. The van der Waals surface area contributed by atoms with Gasteiger partial charge >= 0.3 is 5.97 Å². The third-order valence-corrected chi connectivity index (χ3v) is 4.08. The van der Waals surface area contributed by atoms with Crippen LogP contribution < -0.4 is 5.73 Å². The first-order valence-electron chi connectivity index (χ1n) is 6.22. The number of ether oxygens (including phenoxy) is 1. The molecule has 3 nitrogen and oxygen atoms in total. The Hall–Kier alpha value is -0.830. The highest BCUT2D eigenvalue weighted by Gasteiger charge is 2.45. The lowest BCUT2D eigenvalue weighted by atomic mass is 9.72. The molecule has 1 atom stereocenters. The van der Waals surface area contributed by atoms with Crippen molar-refractivity contribution in [2.45, 2.75) is 46.6 Å². The molecule has 0 heterocycles. The minimum absolute atomic E-state index is 0.274. The molecule has 1 saturated carbocycles. The molecule has 17 heavy (non-hydrogen) atoms. The van der Waals surface area contributed by atoms with Crippen LogP contribution in [0, 0.1) is 16.7 Å². The summed E-state index contributed by atoms with van der Waals surface area (Å²) >= 11 is 0. The van der Waals surface area contributed by atoms with E-state index in [0.29, 0.717) is 5.92 Å². The number of nitrogens with two attached hydrogens (primary N) is 1. The molecule has 0 aromatic carbocycles. The van der Waals surface area contributed by atoms with Crippen LogP contribution >= 0.6 is 0 Å². The molecule has 3 heteroatoms. The summed E-state index contributed by atoms with van der Waals surface area (Å²) in [6.45, 7) is 9.11. The van der Waals surface area contributed by atoms with Gasteiger partial charge in [-0.25, -0.2) is 0 Å². The van der Waals surface area contributed by atoms with Crippen molar-refractivity contribution in [1.29, 1.82) is 0 Å². The summed E-state index contributed by atoms with van der Waals surface area (Å²) in [4.78, 5) is 11.2. The normalized spacial score (nSPS) is 25.1. The Balaban J connectivity index is 2.79. The Kier molecular flexibility index (Phi) is 4.03. The molecule has 0 saturated heterocycles. The van der Waals surface area contributed by atoms with Gasteiger partial charge in [0.25, 0.3) is 0 Å². The van der Waals surface area contributed by atoms with E-state index in [4.69, 9.17) is 5.73 Å². The maximum atomic E-state index is 11.2. The first-order valence-corrected chi connectivity index (χ1v) is 6.22. The van der Waals surface area contributed by atoms with Crippen molar-refractivity contribution in [1.82, 2.24) is 0 Å². The van der Waals surface area contributed by atoms with Gasteiger partial charge in [-0.2, -0.15) is 0 Å². The van der Waals surface area contributed by atoms with E-state index < -0.39 is 6.04 Å². The summed E-state index contributed by atoms with van der Waals surface area (Å²) in [5, 5.41) is 0. The third kappa shape index (κ3) is 3.09. The van der Waals surface area contributed by atoms with Gasteiger partial charge in [-0.3, -0.25) is 4.79 Å².